The number of carbonyl (C=O) groups excluding carboxylic acids is 1. The summed E-state index contributed by atoms with van der Waals surface area (Å²) in [6, 6.07) is 14.2. The zero-order chi connectivity index (χ0) is 14.8. The summed E-state index contributed by atoms with van der Waals surface area (Å²) >= 11 is 0. The first-order chi connectivity index (χ1) is 10.1. The Balaban J connectivity index is 1.69. The van der Waals surface area contributed by atoms with Crippen molar-refractivity contribution in [3.63, 3.8) is 0 Å². The van der Waals surface area contributed by atoms with Crippen molar-refractivity contribution < 1.29 is 4.79 Å². The molecule has 0 spiro atoms. The second kappa shape index (κ2) is 5.60. The third kappa shape index (κ3) is 2.77. The number of fused-ring (bicyclic) bond motifs is 1. The third-order valence-electron chi connectivity index (χ3n) is 4.07. The van der Waals surface area contributed by atoms with Crippen LogP contribution in [-0.4, -0.2) is 12.5 Å². The molecule has 0 aromatic heterocycles. The summed E-state index contributed by atoms with van der Waals surface area (Å²) in [5.41, 5.74) is 11.3. The second-order valence-corrected chi connectivity index (χ2v) is 5.64. The number of nitrogens with zero attached hydrogens (tertiary/aromatic N) is 1. The van der Waals surface area contributed by atoms with E-state index in [2.05, 4.69) is 37.3 Å². The van der Waals surface area contributed by atoms with Gasteiger partial charge < -0.3 is 10.6 Å². The van der Waals surface area contributed by atoms with E-state index in [4.69, 9.17) is 5.73 Å². The van der Waals surface area contributed by atoms with E-state index in [1.807, 2.05) is 17.0 Å². The number of para-hydroxylation sites is 1. The minimum Gasteiger partial charge on any atom is -0.397 e. The van der Waals surface area contributed by atoms with Gasteiger partial charge in [0.2, 0.25) is 5.91 Å². The van der Waals surface area contributed by atoms with Gasteiger partial charge in [0.15, 0.2) is 0 Å². The number of aryl methyl sites for hydroxylation is 2. The van der Waals surface area contributed by atoms with E-state index >= 15 is 0 Å². The number of nitrogens with two attached hydrogens (primary N) is 1. The lowest BCUT2D eigenvalue weighted by Crippen LogP contribution is -2.29. The molecule has 0 radical (unpaired) electrons. The average Bonchev–Trinajstić information content (AvgIpc) is 2.92. The van der Waals surface area contributed by atoms with Crippen LogP contribution in [0.15, 0.2) is 42.5 Å². The van der Waals surface area contributed by atoms with Crippen molar-refractivity contribution >= 4 is 17.3 Å². The average molecular weight is 280 g/mol. The largest absolute Gasteiger partial charge is 0.397 e. The predicted octanol–water partition coefficient (Wildman–Crippen LogP) is 3.10. The Morgan fingerprint density at radius 3 is 2.71 bits per heavy atom. The molecule has 0 fully saturated rings. The number of anilines is 2. The molecule has 3 rings (SSSR count). The van der Waals surface area contributed by atoms with Crippen LogP contribution in [0, 0.1) is 6.92 Å². The van der Waals surface area contributed by atoms with E-state index in [1.54, 1.807) is 0 Å². The first kappa shape index (κ1) is 13.7. The van der Waals surface area contributed by atoms with Gasteiger partial charge >= 0.3 is 0 Å². The molecule has 0 bridgehead atoms. The van der Waals surface area contributed by atoms with Crippen molar-refractivity contribution in [2.24, 2.45) is 0 Å². The van der Waals surface area contributed by atoms with Crippen molar-refractivity contribution in [1.82, 2.24) is 0 Å². The molecule has 2 aromatic rings. The van der Waals surface area contributed by atoms with Gasteiger partial charge in [0.25, 0.3) is 0 Å². The molecule has 21 heavy (non-hydrogen) atoms. The molecule has 1 amide bonds. The first-order valence-corrected chi connectivity index (χ1v) is 7.38. The lowest BCUT2D eigenvalue weighted by atomic mass is 10.1. The molecule has 3 heteroatoms. The maximum absolute atomic E-state index is 12.5. The molecule has 0 saturated heterocycles. The predicted molar refractivity (Wildman–Crippen MR) is 86.4 cm³/mol. The van der Waals surface area contributed by atoms with Gasteiger partial charge in [-0.1, -0.05) is 42.0 Å². The molecule has 3 nitrogen and oxygen atoms in total. The third-order valence-corrected chi connectivity index (χ3v) is 4.07. The van der Waals surface area contributed by atoms with Crippen molar-refractivity contribution in [3.8, 4) is 0 Å². The van der Waals surface area contributed by atoms with E-state index in [-0.39, 0.29) is 5.91 Å². The second-order valence-electron chi connectivity index (χ2n) is 5.64. The summed E-state index contributed by atoms with van der Waals surface area (Å²) < 4.78 is 0. The quantitative estimate of drug-likeness (QED) is 0.878. The van der Waals surface area contributed by atoms with Gasteiger partial charge in [-0.15, -0.1) is 0 Å². The summed E-state index contributed by atoms with van der Waals surface area (Å²) in [6.07, 6.45) is 2.20. The van der Waals surface area contributed by atoms with Crippen molar-refractivity contribution in [2.75, 3.05) is 17.2 Å². The smallest absolute Gasteiger partial charge is 0.227 e. The molecule has 108 valence electrons. The Morgan fingerprint density at radius 1 is 1.19 bits per heavy atom. The van der Waals surface area contributed by atoms with Gasteiger partial charge in [-0.25, -0.2) is 0 Å². The van der Waals surface area contributed by atoms with E-state index in [0.717, 1.165) is 25.1 Å². The standard InChI is InChI=1S/C18H20N2O/c1-13-5-7-14(8-6-13)9-10-17(21)20-12-11-15-3-2-4-16(19)18(15)20/h2-8H,9-12,19H2,1H3. The summed E-state index contributed by atoms with van der Waals surface area (Å²) in [5, 5.41) is 0. The molecule has 1 aliphatic heterocycles. The molecule has 2 aromatic carbocycles. The van der Waals surface area contributed by atoms with Crippen molar-refractivity contribution in [3.05, 3.63) is 59.2 Å². The fourth-order valence-electron chi connectivity index (χ4n) is 2.88. The van der Waals surface area contributed by atoms with E-state index in [1.165, 1.54) is 16.7 Å². The van der Waals surface area contributed by atoms with Crippen LogP contribution in [0.5, 0.6) is 0 Å². The highest BCUT2D eigenvalue weighted by Crippen LogP contribution is 2.34. The van der Waals surface area contributed by atoms with Crippen molar-refractivity contribution in [1.29, 1.82) is 0 Å². The Morgan fingerprint density at radius 2 is 1.95 bits per heavy atom. The zero-order valence-electron chi connectivity index (χ0n) is 12.3. The fourth-order valence-corrected chi connectivity index (χ4v) is 2.88. The van der Waals surface area contributed by atoms with Crippen LogP contribution in [0.1, 0.15) is 23.1 Å². The first-order valence-electron chi connectivity index (χ1n) is 7.38. The van der Waals surface area contributed by atoms with Gasteiger partial charge in [0.1, 0.15) is 0 Å². The normalized spacial score (nSPS) is 13.3. The minimum atomic E-state index is 0.159. The Kier molecular flexibility index (Phi) is 3.65. The minimum absolute atomic E-state index is 0.159. The lowest BCUT2D eigenvalue weighted by molar-refractivity contribution is -0.118. The van der Waals surface area contributed by atoms with Gasteiger partial charge in [-0.05, 0) is 37.0 Å². The summed E-state index contributed by atoms with van der Waals surface area (Å²) in [4.78, 5) is 14.3. The van der Waals surface area contributed by atoms with Crippen LogP contribution in [0.2, 0.25) is 0 Å². The number of hydrogen-bond donors (Lipinski definition) is 1. The van der Waals surface area contributed by atoms with Crippen LogP contribution >= 0.6 is 0 Å². The lowest BCUT2D eigenvalue weighted by Gasteiger charge is -2.19. The van der Waals surface area contributed by atoms with Gasteiger partial charge in [-0.3, -0.25) is 4.79 Å². The molecular formula is C18H20N2O. The van der Waals surface area contributed by atoms with Gasteiger partial charge in [-0.2, -0.15) is 0 Å². The molecule has 1 heterocycles. The Hall–Kier alpha value is -2.29. The summed E-state index contributed by atoms with van der Waals surface area (Å²) in [7, 11) is 0. The molecular weight excluding hydrogens is 260 g/mol. The van der Waals surface area contributed by atoms with Crippen LogP contribution in [0.3, 0.4) is 0 Å². The van der Waals surface area contributed by atoms with Crippen molar-refractivity contribution in [2.45, 2.75) is 26.2 Å². The summed E-state index contributed by atoms with van der Waals surface area (Å²) in [5.74, 6) is 0.159. The fraction of sp³-hybridized carbons (Fsp3) is 0.278. The number of amides is 1. The van der Waals surface area contributed by atoms with E-state index < -0.39 is 0 Å². The van der Waals surface area contributed by atoms with E-state index in [9.17, 15) is 4.79 Å². The van der Waals surface area contributed by atoms with Gasteiger partial charge in [0.05, 0.1) is 11.4 Å². The highest BCUT2D eigenvalue weighted by molar-refractivity contribution is 5.98. The van der Waals surface area contributed by atoms with Gasteiger partial charge in [0, 0.05) is 13.0 Å². The van der Waals surface area contributed by atoms with Crippen LogP contribution in [0.4, 0.5) is 11.4 Å². The Bertz CT molecular complexity index is 661. The van der Waals surface area contributed by atoms with Crippen LogP contribution in [-0.2, 0) is 17.6 Å². The zero-order valence-corrected chi connectivity index (χ0v) is 12.3. The summed E-state index contributed by atoms with van der Waals surface area (Å²) in [6.45, 7) is 2.81. The monoisotopic (exact) mass is 280 g/mol. The molecule has 0 saturated carbocycles. The molecule has 0 atom stereocenters. The molecule has 0 aliphatic carbocycles. The highest BCUT2D eigenvalue weighted by atomic mass is 16.2. The number of rotatable bonds is 3. The van der Waals surface area contributed by atoms with Crippen LogP contribution in [0.25, 0.3) is 0 Å². The number of benzene rings is 2. The number of hydrogen-bond acceptors (Lipinski definition) is 2. The highest BCUT2D eigenvalue weighted by Gasteiger charge is 2.25. The van der Waals surface area contributed by atoms with E-state index in [0.29, 0.717) is 12.1 Å². The number of carbonyl (C=O) groups is 1. The maximum Gasteiger partial charge on any atom is 0.227 e. The Labute approximate surface area is 125 Å². The SMILES string of the molecule is Cc1ccc(CCC(=O)N2CCc3cccc(N)c32)cc1. The molecule has 2 N–H and O–H groups in total. The molecule has 0 unspecified atom stereocenters. The number of nitrogen functional groups attached to an aromatic ring is 1. The topological polar surface area (TPSA) is 46.3 Å². The van der Waals surface area contributed by atoms with Crippen LogP contribution < -0.4 is 10.6 Å². The maximum atomic E-state index is 12.5. The molecule has 1 aliphatic rings.